The van der Waals surface area contributed by atoms with Gasteiger partial charge in [0, 0.05) is 6.07 Å². The van der Waals surface area contributed by atoms with Gasteiger partial charge in [0.1, 0.15) is 24.2 Å². The Hall–Kier alpha value is -2.84. The first-order valence-electron chi connectivity index (χ1n) is 9.21. The number of pyridine rings is 1. The van der Waals surface area contributed by atoms with Crippen LogP contribution in [-0.4, -0.2) is 49.8 Å². The molecular weight excluding hydrogens is 352 g/mol. The number of aromatic nitrogens is 3. The van der Waals surface area contributed by atoms with Gasteiger partial charge in [-0.1, -0.05) is 6.42 Å². The quantitative estimate of drug-likeness (QED) is 0.669. The lowest BCUT2D eigenvalue weighted by molar-refractivity contribution is -0.135. The van der Waals surface area contributed by atoms with Crippen molar-refractivity contribution >= 4 is 17.5 Å². The van der Waals surface area contributed by atoms with Crippen LogP contribution in [0.4, 0.5) is 0 Å². The molecule has 2 aromatic heterocycles. The third-order valence-corrected chi connectivity index (χ3v) is 5.75. The van der Waals surface area contributed by atoms with E-state index >= 15 is 0 Å². The molecule has 9 nitrogen and oxygen atoms in total. The van der Waals surface area contributed by atoms with Gasteiger partial charge in [0.2, 0.25) is 5.88 Å². The van der Waals surface area contributed by atoms with Crippen molar-refractivity contribution < 1.29 is 24.5 Å². The molecule has 27 heavy (non-hydrogen) atoms. The maximum absolute atomic E-state index is 12.2. The van der Waals surface area contributed by atoms with Gasteiger partial charge < -0.3 is 20.3 Å². The normalized spacial score (nSPS) is 23.6. The highest BCUT2D eigenvalue weighted by atomic mass is 16.5. The number of aliphatic carboxylic acids is 1. The van der Waals surface area contributed by atoms with Crippen molar-refractivity contribution in [3.63, 3.8) is 0 Å². The van der Waals surface area contributed by atoms with Crippen molar-refractivity contribution in [1.29, 1.82) is 0 Å². The topological polar surface area (TPSA) is 126 Å². The fraction of sp³-hybridized carbons (Fsp3) is 0.556. The van der Waals surface area contributed by atoms with Crippen LogP contribution in [0.15, 0.2) is 12.4 Å². The highest BCUT2D eigenvalue weighted by Gasteiger charge is 2.39. The lowest BCUT2D eigenvalue weighted by Crippen LogP contribution is -2.29. The molecule has 144 valence electrons. The Morgan fingerprint density at radius 1 is 1.33 bits per heavy atom. The molecule has 9 heteroatoms. The molecule has 2 aliphatic rings. The summed E-state index contributed by atoms with van der Waals surface area (Å²) in [5.74, 6) is 0.464. The Bertz CT molecular complexity index is 880. The molecule has 1 amide bonds. The van der Waals surface area contributed by atoms with Crippen LogP contribution in [-0.2, 0) is 4.79 Å². The fourth-order valence-electron chi connectivity index (χ4n) is 4.55. The summed E-state index contributed by atoms with van der Waals surface area (Å²) >= 11 is 0. The highest BCUT2D eigenvalue weighted by Crippen LogP contribution is 2.49. The summed E-state index contributed by atoms with van der Waals surface area (Å²) in [5, 5.41) is 25.2. The summed E-state index contributed by atoms with van der Waals surface area (Å²) in [6, 6.07) is 1.32. The third kappa shape index (κ3) is 3.41. The lowest BCUT2D eigenvalue weighted by atomic mass is 9.87. The van der Waals surface area contributed by atoms with E-state index in [9.17, 15) is 14.7 Å². The number of hydrogen-bond donors (Lipinski definition) is 3. The van der Waals surface area contributed by atoms with E-state index < -0.39 is 18.4 Å². The molecule has 2 bridgehead atoms. The average Bonchev–Trinajstić information content (AvgIpc) is 3.36. The van der Waals surface area contributed by atoms with Crippen molar-refractivity contribution in [3.05, 3.63) is 18.0 Å². The largest absolute Gasteiger partial charge is 0.507 e. The first-order chi connectivity index (χ1) is 13.0. The molecule has 0 saturated heterocycles. The second-order valence-electron chi connectivity index (χ2n) is 7.39. The third-order valence-electron chi connectivity index (χ3n) is 5.75. The molecule has 0 aromatic carbocycles. The zero-order valence-electron chi connectivity index (χ0n) is 14.8. The second kappa shape index (κ2) is 7.05. The van der Waals surface area contributed by atoms with Gasteiger partial charge in [-0.05, 0) is 43.4 Å². The van der Waals surface area contributed by atoms with E-state index in [1.54, 1.807) is 0 Å². The first kappa shape index (κ1) is 17.6. The van der Waals surface area contributed by atoms with Crippen LogP contribution in [0.3, 0.4) is 0 Å². The molecule has 4 rings (SSSR count). The standard InChI is InChI=1S/C18H22N4O5/c23-13-7-14(27-4-3-12-6-10-1-2-11(12)5-10)22-17(20-9-21-22)16(13)18(26)19-8-15(24)25/h7,9-12,23H,1-6,8H2,(H,19,26)(H,24,25). The number of ether oxygens (including phenoxy) is 1. The summed E-state index contributed by atoms with van der Waals surface area (Å²) in [6.07, 6.45) is 7.52. The number of aromatic hydroxyl groups is 1. The van der Waals surface area contributed by atoms with E-state index in [0.717, 1.165) is 18.3 Å². The van der Waals surface area contributed by atoms with Crippen molar-refractivity contribution in [2.45, 2.75) is 32.1 Å². The predicted molar refractivity (Wildman–Crippen MR) is 93.7 cm³/mol. The highest BCUT2D eigenvalue weighted by molar-refractivity contribution is 6.03. The molecule has 0 radical (unpaired) electrons. The van der Waals surface area contributed by atoms with Crippen LogP contribution in [0.25, 0.3) is 5.65 Å². The summed E-state index contributed by atoms with van der Waals surface area (Å²) in [7, 11) is 0. The summed E-state index contributed by atoms with van der Waals surface area (Å²) in [6.45, 7) is -0.0484. The van der Waals surface area contributed by atoms with Gasteiger partial charge in [-0.15, -0.1) is 0 Å². The van der Waals surface area contributed by atoms with Gasteiger partial charge >= 0.3 is 5.97 Å². The van der Waals surface area contributed by atoms with Gasteiger partial charge in [-0.2, -0.15) is 9.61 Å². The Morgan fingerprint density at radius 2 is 2.19 bits per heavy atom. The minimum absolute atomic E-state index is 0.118. The van der Waals surface area contributed by atoms with Crippen LogP contribution in [0.1, 0.15) is 42.5 Å². The van der Waals surface area contributed by atoms with E-state index in [0.29, 0.717) is 18.4 Å². The molecule has 2 saturated carbocycles. The smallest absolute Gasteiger partial charge is 0.322 e. The number of nitrogens with one attached hydrogen (secondary N) is 1. The number of amides is 1. The molecule has 2 aliphatic carbocycles. The molecule has 0 aliphatic heterocycles. The average molecular weight is 374 g/mol. The van der Waals surface area contributed by atoms with Crippen LogP contribution >= 0.6 is 0 Å². The first-order valence-corrected chi connectivity index (χ1v) is 9.21. The number of carboxylic acids is 1. The zero-order chi connectivity index (χ0) is 19.0. The molecule has 0 spiro atoms. The summed E-state index contributed by atoms with van der Waals surface area (Å²) in [4.78, 5) is 26.8. The van der Waals surface area contributed by atoms with E-state index in [1.165, 1.54) is 42.6 Å². The van der Waals surface area contributed by atoms with Crippen molar-refractivity contribution in [2.75, 3.05) is 13.2 Å². The van der Waals surface area contributed by atoms with Gasteiger partial charge in [0.15, 0.2) is 5.65 Å². The Kier molecular flexibility index (Phi) is 4.59. The number of carboxylic acid groups (broad SMARTS) is 1. The lowest BCUT2D eigenvalue weighted by Gasteiger charge is -2.21. The summed E-state index contributed by atoms with van der Waals surface area (Å²) < 4.78 is 7.18. The van der Waals surface area contributed by atoms with E-state index in [-0.39, 0.29) is 17.0 Å². The minimum Gasteiger partial charge on any atom is -0.507 e. The Morgan fingerprint density at radius 3 is 2.89 bits per heavy atom. The minimum atomic E-state index is -1.18. The number of rotatable bonds is 7. The number of carbonyl (C=O) groups is 2. The van der Waals surface area contributed by atoms with Crippen LogP contribution < -0.4 is 10.1 Å². The van der Waals surface area contributed by atoms with Gasteiger partial charge in [-0.25, -0.2) is 4.98 Å². The summed E-state index contributed by atoms with van der Waals surface area (Å²) in [5.41, 5.74) is -0.0120. The van der Waals surface area contributed by atoms with Crippen LogP contribution in [0, 0.1) is 17.8 Å². The number of nitrogens with zero attached hydrogens (tertiary/aromatic N) is 3. The number of carbonyl (C=O) groups excluding carboxylic acids is 1. The maximum atomic E-state index is 12.2. The van der Waals surface area contributed by atoms with Gasteiger partial charge in [-0.3, -0.25) is 9.59 Å². The SMILES string of the molecule is O=C(O)CNC(=O)c1c(O)cc(OCCC2CC3CCC2C3)n2ncnc12. The second-order valence-corrected chi connectivity index (χ2v) is 7.39. The molecule has 3 atom stereocenters. The molecule has 2 fully saturated rings. The number of hydrogen-bond acceptors (Lipinski definition) is 6. The molecule has 2 aromatic rings. The van der Waals surface area contributed by atoms with Gasteiger partial charge in [0.25, 0.3) is 5.91 Å². The predicted octanol–water partition coefficient (Wildman–Crippen LogP) is 1.45. The number of fused-ring (bicyclic) bond motifs is 3. The Balaban J connectivity index is 1.47. The van der Waals surface area contributed by atoms with Gasteiger partial charge in [0.05, 0.1) is 6.61 Å². The monoisotopic (exact) mass is 374 g/mol. The fourth-order valence-corrected chi connectivity index (χ4v) is 4.55. The molecule has 2 heterocycles. The molecule has 3 unspecified atom stereocenters. The van der Waals surface area contributed by atoms with E-state index in [2.05, 4.69) is 15.4 Å². The van der Waals surface area contributed by atoms with E-state index in [1.807, 2.05) is 0 Å². The molecule has 3 N–H and O–H groups in total. The van der Waals surface area contributed by atoms with E-state index in [4.69, 9.17) is 9.84 Å². The molecular formula is C18H22N4O5. The van der Waals surface area contributed by atoms with Crippen molar-refractivity contribution in [3.8, 4) is 11.6 Å². The van der Waals surface area contributed by atoms with Crippen LogP contribution in [0.2, 0.25) is 0 Å². The van der Waals surface area contributed by atoms with Crippen molar-refractivity contribution in [1.82, 2.24) is 19.9 Å². The maximum Gasteiger partial charge on any atom is 0.322 e. The van der Waals surface area contributed by atoms with Crippen LogP contribution in [0.5, 0.6) is 11.6 Å². The Labute approximate surface area is 155 Å². The van der Waals surface area contributed by atoms with Crippen molar-refractivity contribution in [2.24, 2.45) is 17.8 Å². The zero-order valence-corrected chi connectivity index (χ0v) is 14.8.